The molecule has 0 aromatic heterocycles. The molecule has 284 valence electrons. The van der Waals surface area contributed by atoms with Crippen LogP contribution in [0.1, 0.15) is 61.8 Å². The summed E-state index contributed by atoms with van der Waals surface area (Å²) in [5.41, 5.74) is 4.21. The molecule has 0 bridgehead atoms. The third kappa shape index (κ3) is 10.9. The number of carboxylic acids is 2. The van der Waals surface area contributed by atoms with Gasteiger partial charge in [0.25, 0.3) is 0 Å². The molecule has 54 heavy (non-hydrogen) atoms. The second kappa shape index (κ2) is 19.7. The monoisotopic (exact) mass is 730 g/mol. The van der Waals surface area contributed by atoms with E-state index in [0.717, 1.165) is 49.7 Å². The standard InChI is InChI=1S/C46H54N2O6/c1-33(17-15-27-35-19-7-3-8-20-35)29-47(31-37-23-11-5-12-24-37)43(49)39-41(45(51)52)40(42(39)46(53)54)44(50)48(32-38-25-13-6-14-26-38)30-34(2)18-16-28-36-21-9-4-10-22-36/h3-14,19-26,33-34,39-42H,15-18,27-32H2,1-2H3,(H,51,52)(H,53,54)/t33-,34-,39?,40?,41?,42?/m1/s1. The lowest BCUT2D eigenvalue weighted by Crippen LogP contribution is -2.64. The maximum Gasteiger partial charge on any atom is 0.308 e. The molecule has 1 saturated carbocycles. The molecule has 1 aliphatic rings. The Balaban J connectivity index is 1.34. The van der Waals surface area contributed by atoms with Crippen LogP contribution in [0.2, 0.25) is 0 Å². The Hall–Kier alpha value is -5.24. The highest BCUT2D eigenvalue weighted by Crippen LogP contribution is 2.49. The molecule has 0 aliphatic heterocycles. The Morgan fingerprint density at radius 2 is 0.778 bits per heavy atom. The van der Waals surface area contributed by atoms with Crippen LogP contribution in [0, 0.1) is 35.5 Å². The maximum atomic E-state index is 14.5. The van der Waals surface area contributed by atoms with Crippen molar-refractivity contribution < 1.29 is 29.4 Å². The molecule has 8 nitrogen and oxygen atoms in total. The van der Waals surface area contributed by atoms with Crippen molar-refractivity contribution in [3.8, 4) is 0 Å². The van der Waals surface area contributed by atoms with Gasteiger partial charge in [0, 0.05) is 26.2 Å². The van der Waals surface area contributed by atoms with Crippen LogP contribution in [0.3, 0.4) is 0 Å². The molecule has 0 heterocycles. The third-order valence-electron chi connectivity index (χ3n) is 10.8. The molecule has 8 heteroatoms. The lowest BCUT2D eigenvalue weighted by molar-refractivity contribution is -0.188. The van der Waals surface area contributed by atoms with E-state index < -0.39 is 47.4 Å². The van der Waals surface area contributed by atoms with Crippen molar-refractivity contribution >= 4 is 23.8 Å². The number of aryl methyl sites for hydroxylation is 2. The fraction of sp³-hybridized carbons (Fsp3) is 0.391. The van der Waals surface area contributed by atoms with E-state index in [0.29, 0.717) is 13.1 Å². The van der Waals surface area contributed by atoms with Gasteiger partial charge in [-0.25, -0.2) is 0 Å². The number of hydrogen-bond donors (Lipinski definition) is 2. The zero-order valence-corrected chi connectivity index (χ0v) is 31.5. The fourth-order valence-electron chi connectivity index (χ4n) is 8.00. The lowest BCUT2D eigenvalue weighted by atomic mass is 9.55. The molecule has 4 aromatic rings. The van der Waals surface area contributed by atoms with E-state index in [9.17, 15) is 29.4 Å². The minimum atomic E-state index is -1.45. The first-order valence-electron chi connectivity index (χ1n) is 19.3. The summed E-state index contributed by atoms with van der Waals surface area (Å²) in [5, 5.41) is 21.2. The molecule has 2 amide bonds. The molecule has 1 fully saturated rings. The van der Waals surface area contributed by atoms with Crippen molar-refractivity contribution in [2.75, 3.05) is 13.1 Å². The second-order valence-corrected chi connectivity index (χ2v) is 15.2. The molecule has 1 aliphatic carbocycles. The van der Waals surface area contributed by atoms with Gasteiger partial charge in [0.05, 0.1) is 23.7 Å². The zero-order chi connectivity index (χ0) is 38.5. The molecule has 0 spiro atoms. The normalized spacial score (nSPS) is 18.9. The first-order valence-corrected chi connectivity index (χ1v) is 19.3. The Morgan fingerprint density at radius 3 is 1.07 bits per heavy atom. The van der Waals surface area contributed by atoms with E-state index in [4.69, 9.17) is 0 Å². The summed E-state index contributed by atoms with van der Waals surface area (Å²) in [6.07, 6.45) is 5.30. The first kappa shape index (κ1) is 40.0. The Morgan fingerprint density at radius 1 is 0.481 bits per heavy atom. The molecule has 4 aromatic carbocycles. The van der Waals surface area contributed by atoms with Crippen molar-refractivity contribution in [3.05, 3.63) is 144 Å². The van der Waals surface area contributed by atoms with Crippen molar-refractivity contribution in [2.24, 2.45) is 35.5 Å². The SMILES string of the molecule is C[C@H](CCCc1ccccc1)CN(Cc1ccccc1)C(=O)C1C(C(=O)O)C(C(=O)N(Cc2ccccc2)C[C@H](C)CCCc2ccccc2)C1C(=O)O. The van der Waals surface area contributed by atoms with Crippen molar-refractivity contribution in [2.45, 2.75) is 65.5 Å². The van der Waals surface area contributed by atoms with Gasteiger partial charge in [-0.15, -0.1) is 0 Å². The highest BCUT2D eigenvalue weighted by atomic mass is 16.4. The highest BCUT2D eigenvalue weighted by Gasteiger charge is 2.65. The Bertz CT molecular complexity index is 1640. The number of carbonyl (C=O) groups excluding carboxylic acids is 2. The topological polar surface area (TPSA) is 115 Å². The summed E-state index contributed by atoms with van der Waals surface area (Å²) in [4.78, 5) is 58.3. The lowest BCUT2D eigenvalue weighted by Gasteiger charge is -2.48. The maximum absolute atomic E-state index is 14.5. The minimum absolute atomic E-state index is 0.0789. The number of aliphatic carboxylic acids is 2. The van der Waals surface area contributed by atoms with Crippen molar-refractivity contribution in [1.82, 2.24) is 9.80 Å². The van der Waals surface area contributed by atoms with Crippen LogP contribution >= 0.6 is 0 Å². The van der Waals surface area contributed by atoms with Gasteiger partial charge in [0.1, 0.15) is 0 Å². The molecule has 2 atom stereocenters. The van der Waals surface area contributed by atoms with Gasteiger partial charge >= 0.3 is 11.9 Å². The minimum Gasteiger partial charge on any atom is -0.481 e. The fourth-order valence-corrected chi connectivity index (χ4v) is 8.00. The van der Waals surface area contributed by atoms with Crippen LogP contribution in [0.25, 0.3) is 0 Å². The smallest absolute Gasteiger partial charge is 0.308 e. The van der Waals surface area contributed by atoms with Crippen LogP contribution in [0.4, 0.5) is 0 Å². The summed E-state index contributed by atoms with van der Waals surface area (Å²) in [7, 11) is 0. The molecular formula is C46H54N2O6. The van der Waals surface area contributed by atoms with E-state index >= 15 is 0 Å². The molecule has 0 radical (unpaired) electrons. The van der Waals surface area contributed by atoms with Gasteiger partial charge in [-0.3, -0.25) is 19.2 Å². The quantitative estimate of drug-likeness (QED) is 0.0953. The molecule has 0 saturated heterocycles. The van der Waals surface area contributed by atoms with Crippen LogP contribution < -0.4 is 0 Å². The van der Waals surface area contributed by atoms with E-state index in [1.807, 2.05) is 97.1 Å². The average Bonchev–Trinajstić information content (AvgIpc) is 3.15. The van der Waals surface area contributed by atoms with Crippen molar-refractivity contribution in [1.29, 1.82) is 0 Å². The predicted octanol–water partition coefficient (Wildman–Crippen LogP) is 8.01. The summed E-state index contributed by atoms with van der Waals surface area (Å²) < 4.78 is 0. The Kier molecular flexibility index (Phi) is 14.6. The average molecular weight is 731 g/mol. The Labute approximate surface area is 319 Å². The molecular weight excluding hydrogens is 677 g/mol. The molecule has 0 unspecified atom stereocenters. The van der Waals surface area contributed by atoms with Crippen LogP contribution in [0.5, 0.6) is 0 Å². The number of carboxylic acid groups (broad SMARTS) is 2. The zero-order valence-electron chi connectivity index (χ0n) is 31.5. The van der Waals surface area contributed by atoms with Gasteiger partial charge in [-0.1, -0.05) is 135 Å². The summed E-state index contributed by atoms with van der Waals surface area (Å²) in [5.74, 6) is -9.18. The second-order valence-electron chi connectivity index (χ2n) is 15.2. The number of carbonyl (C=O) groups is 4. The van der Waals surface area contributed by atoms with Gasteiger partial charge in [0.15, 0.2) is 0 Å². The number of rotatable bonds is 20. The van der Waals surface area contributed by atoms with E-state index in [1.54, 1.807) is 9.80 Å². The largest absolute Gasteiger partial charge is 0.481 e. The number of hydrogen-bond acceptors (Lipinski definition) is 4. The van der Waals surface area contributed by atoms with Crippen LogP contribution in [-0.4, -0.2) is 56.9 Å². The highest BCUT2D eigenvalue weighted by molar-refractivity contribution is 5.99. The van der Waals surface area contributed by atoms with E-state index in [-0.39, 0.29) is 24.9 Å². The molecule has 5 rings (SSSR count). The summed E-state index contributed by atoms with van der Waals surface area (Å²) >= 11 is 0. The molecule has 2 N–H and O–H groups in total. The van der Waals surface area contributed by atoms with Crippen LogP contribution in [0.15, 0.2) is 121 Å². The van der Waals surface area contributed by atoms with E-state index in [2.05, 4.69) is 38.1 Å². The summed E-state index contributed by atoms with van der Waals surface area (Å²) in [6, 6.07) is 39.3. The van der Waals surface area contributed by atoms with Gasteiger partial charge in [-0.05, 0) is 72.6 Å². The van der Waals surface area contributed by atoms with E-state index in [1.165, 1.54) is 11.1 Å². The van der Waals surface area contributed by atoms with Crippen molar-refractivity contribution in [3.63, 3.8) is 0 Å². The van der Waals surface area contributed by atoms with Crippen LogP contribution in [-0.2, 0) is 45.1 Å². The van der Waals surface area contributed by atoms with Gasteiger partial charge < -0.3 is 20.0 Å². The number of amides is 2. The van der Waals surface area contributed by atoms with Gasteiger partial charge in [0.2, 0.25) is 11.8 Å². The third-order valence-corrected chi connectivity index (χ3v) is 10.8. The number of benzene rings is 4. The predicted molar refractivity (Wildman–Crippen MR) is 210 cm³/mol. The number of nitrogens with zero attached hydrogens (tertiary/aromatic N) is 2. The van der Waals surface area contributed by atoms with Gasteiger partial charge in [-0.2, -0.15) is 0 Å². The summed E-state index contributed by atoms with van der Waals surface area (Å²) in [6.45, 7) is 5.26. The first-order chi connectivity index (χ1) is 26.1.